The van der Waals surface area contributed by atoms with Gasteiger partial charge in [0.25, 0.3) is 0 Å². The summed E-state index contributed by atoms with van der Waals surface area (Å²) in [6, 6.07) is 3.91. The highest BCUT2D eigenvalue weighted by atomic mass is 16.4. The Hall–Kier alpha value is -2.74. The Bertz CT molecular complexity index is 1000. The van der Waals surface area contributed by atoms with E-state index in [1.165, 1.54) is 0 Å². The van der Waals surface area contributed by atoms with Crippen LogP contribution in [0.25, 0.3) is 10.9 Å². The average Bonchev–Trinajstić information content (AvgIpc) is 3.19. The number of amides is 1. The van der Waals surface area contributed by atoms with E-state index in [0.717, 1.165) is 60.9 Å². The number of hydrogen-bond donors (Lipinski definition) is 3. The first-order valence-electron chi connectivity index (χ1n) is 11.4. The smallest absolute Gasteiger partial charge is 0.303 e. The van der Waals surface area contributed by atoms with E-state index in [9.17, 15) is 19.8 Å². The molecule has 0 radical (unpaired) electrons. The molecule has 1 aliphatic heterocycles. The van der Waals surface area contributed by atoms with Gasteiger partial charge in [0.05, 0.1) is 17.5 Å². The van der Waals surface area contributed by atoms with Gasteiger partial charge in [-0.1, -0.05) is 12.8 Å². The van der Waals surface area contributed by atoms with Crippen LogP contribution in [0.4, 0.5) is 5.69 Å². The van der Waals surface area contributed by atoms with Crippen LogP contribution in [0.3, 0.4) is 0 Å². The number of β-amino-alcohol motifs (C(OH)–C–C–N with tert-alkyl or cyclic N) is 1. The summed E-state index contributed by atoms with van der Waals surface area (Å²) in [7, 11) is 0. The lowest BCUT2D eigenvalue weighted by atomic mass is 9.79. The molecule has 0 bridgehead atoms. The van der Waals surface area contributed by atoms with Crippen molar-refractivity contribution < 1.29 is 19.8 Å². The van der Waals surface area contributed by atoms with Crippen molar-refractivity contribution in [2.75, 3.05) is 24.5 Å². The Morgan fingerprint density at radius 2 is 1.97 bits per heavy atom. The Morgan fingerprint density at radius 3 is 2.72 bits per heavy atom. The van der Waals surface area contributed by atoms with E-state index in [1.807, 2.05) is 19.1 Å². The maximum Gasteiger partial charge on any atom is 0.303 e. The van der Waals surface area contributed by atoms with E-state index in [4.69, 9.17) is 0 Å². The van der Waals surface area contributed by atoms with Gasteiger partial charge in [0.1, 0.15) is 0 Å². The molecule has 3 heterocycles. The summed E-state index contributed by atoms with van der Waals surface area (Å²) < 4.78 is 0. The van der Waals surface area contributed by atoms with Crippen LogP contribution < -0.4 is 10.2 Å². The van der Waals surface area contributed by atoms with Crippen molar-refractivity contribution in [3.63, 3.8) is 0 Å². The number of carbonyl (C=O) groups is 2. The van der Waals surface area contributed by atoms with Gasteiger partial charge in [-0.2, -0.15) is 0 Å². The van der Waals surface area contributed by atoms with Crippen molar-refractivity contribution >= 4 is 28.5 Å². The molecule has 1 aliphatic carbocycles. The van der Waals surface area contributed by atoms with Crippen LogP contribution in [0.5, 0.6) is 0 Å². The summed E-state index contributed by atoms with van der Waals surface area (Å²) in [6.07, 6.45) is 8.64. The second kappa shape index (κ2) is 9.02. The molecular formula is C24H32N4O4. The highest BCUT2D eigenvalue weighted by Crippen LogP contribution is 2.44. The number of aryl methyl sites for hydroxylation is 1. The fourth-order valence-corrected chi connectivity index (χ4v) is 5.43. The second-order valence-electron chi connectivity index (χ2n) is 9.66. The summed E-state index contributed by atoms with van der Waals surface area (Å²) >= 11 is 0. The quantitative estimate of drug-likeness (QED) is 0.606. The van der Waals surface area contributed by atoms with Gasteiger partial charge < -0.3 is 20.4 Å². The van der Waals surface area contributed by atoms with E-state index in [0.29, 0.717) is 13.0 Å². The van der Waals surface area contributed by atoms with Crippen LogP contribution >= 0.6 is 0 Å². The molecule has 0 aromatic carbocycles. The Morgan fingerprint density at radius 1 is 1.19 bits per heavy atom. The third-order valence-corrected chi connectivity index (χ3v) is 6.95. The zero-order valence-corrected chi connectivity index (χ0v) is 18.6. The average molecular weight is 441 g/mol. The predicted octanol–water partition coefficient (Wildman–Crippen LogP) is 2.81. The molecule has 8 heteroatoms. The number of carboxylic acids is 1. The van der Waals surface area contributed by atoms with Gasteiger partial charge in [0.2, 0.25) is 5.91 Å². The van der Waals surface area contributed by atoms with Crippen molar-refractivity contribution in [2.24, 2.45) is 5.41 Å². The van der Waals surface area contributed by atoms with Gasteiger partial charge in [0.15, 0.2) is 0 Å². The number of hydrogen-bond acceptors (Lipinski definition) is 6. The Kier molecular flexibility index (Phi) is 6.33. The fourth-order valence-electron chi connectivity index (χ4n) is 5.43. The zero-order chi connectivity index (χ0) is 22.8. The number of nitrogens with one attached hydrogen (secondary N) is 1. The molecule has 4 rings (SSSR count). The summed E-state index contributed by atoms with van der Waals surface area (Å²) in [5.41, 5.74) is 1.28. The summed E-state index contributed by atoms with van der Waals surface area (Å²) in [4.78, 5) is 35.0. The minimum atomic E-state index is -1.05. The summed E-state index contributed by atoms with van der Waals surface area (Å²) in [6.45, 7) is 3.33. The lowest BCUT2D eigenvalue weighted by molar-refractivity contribution is -0.140. The van der Waals surface area contributed by atoms with Gasteiger partial charge in [-0.25, -0.2) is 0 Å². The molecule has 1 amide bonds. The van der Waals surface area contributed by atoms with E-state index in [1.54, 1.807) is 12.4 Å². The van der Waals surface area contributed by atoms with Crippen LogP contribution in [0.15, 0.2) is 24.5 Å². The van der Waals surface area contributed by atoms with Crippen molar-refractivity contribution in [1.29, 1.82) is 0 Å². The van der Waals surface area contributed by atoms with E-state index >= 15 is 0 Å². The first kappa shape index (κ1) is 22.5. The molecule has 2 aromatic heterocycles. The minimum absolute atomic E-state index is 0.0287. The highest BCUT2D eigenvalue weighted by molar-refractivity contribution is 5.91. The van der Waals surface area contributed by atoms with Crippen LogP contribution in [-0.2, 0) is 9.59 Å². The lowest BCUT2D eigenvalue weighted by Gasteiger charge is -2.41. The number of aromatic nitrogens is 2. The monoisotopic (exact) mass is 440 g/mol. The van der Waals surface area contributed by atoms with Gasteiger partial charge in [-0.3, -0.25) is 19.6 Å². The molecule has 0 spiro atoms. The zero-order valence-electron chi connectivity index (χ0n) is 18.6. The molecule has 1 saturated heterocycles. The SMILES string of the molecule is Cc1cc(N2CCC[C@@](O)(CNC(=O)CC3(CC(=O)O)CCCC3)C2)c2cnccc2n1. The van der Waals surface area contributed by atoms with Crippen LogP contribution in [0.1, 0.15) is 57.1 Å². The lowest BCUT2D eigenvalue weighted by Crippen LogP contribution is -2.54. The van der Waals surface area contributed by atoms with Crippen LogP contribution in [0, 0.1) is 12.3 Å². The van der Waals surface area contributed by atoms with Gasteiger partial charge in [-0.05, 0) is 50.2 Å². The predicted molar refractivity (Wildman–Crippen MR) is 121 cm³/mol. The van der Waals surface area contributed by atoms with Crippen LogP contribution in [-0.4, -0.2) is 57.3 Å². The standard InChI is InChI=1S/C24H32N4O4/c1-17-11-20(18-14-25-9-5-19(18)27-17)28-10-4-8-24(32,16-28)15-26-21(29)12-23(13-22(30)31)6-2-3-7-23/h5,9,11,14,32H,2-4,6-8,10,12-13,15-16H2,1H3,(H,26,29)(H,30,31)/t24-/m1/s1. The van der Waals surface area contributed by atoms with Crippen molar-refractivity contribution in [3.05, 3.63) is 30.2 Å². The Labute approximate surface area is 188 Å². The Balaban J connectivity index is 1.43. The first-order chi connectivity index (χ1) is 15.3. The van der Waals surface area contributed by atoms with Crippen molar-refractivity contribution in [3.8, 4) is 0 Å². The minimum Gasteiger partial charge on any atom is -0.481 e. The van der Waals surface area contributed by atoms with Crippen molar-refractivity contribution in [1.82, 2.24) is 15.3 Å². The van der Waals surface area contributed by atoms with E-state index < -0.39 is 17.0 Å². The number of fused-ring (bicyclic) bond motifs is 1. The molecular weight excluding hydrogens is 408 g/mol. The first-order valence-corrected chi connectivity index (χ1v) is 11.4. The number of nitrogens with zero attached hydrogens (tertiary/aromatic N) is 3. The van der Waals surface area contributed by atoms with Gasteiger partial charge in [-0.15, -0.1) is 0 Å². The number of carboxylic acid groups (broad SMARTS) is 1. The number of piperidine rings is 1. The number of anilines is 1. The molecule has 0 unspecified atom stereocenters. The van der Waals surface area contributed by atoms with E-state index in [-0.39, 0.29) is 25.3 Å². The molecule has 3 N–H and O–H groups in total. The third-order valence-electron chi connectivity index (χ3n) is 6.95. The fraction of sp³-hybridized carbons (Fsp3) is 0.583. The molecule has 2 aliphatic rings. The second-order valence-corrected chi connectivity index (χ2v) is 9.66. The third kappa shape index (κ3) is 5.01. The van der Waals surface area contributed by atoms with Crippen LogP contribution in [0.2, 0.25) is 0 Å². The number of pyridine rings is 2. The van der Waals surface area contributed by atoms with Gasteiger partial charge in [0, 0.05) is 55.2 Å². The molecule has 32 heavy (non-hydrogen) atoms. The molecule has 1 atom stereocenters. The molecule has 2 fully saturated rings. The molecule has 172 valence electrons. The number of aliphatic hydroxyl groups is 1. The number of carbonyl (C=O) groups excluding carboxylic acids is 1. The molecule has 1 saturated carbocycles. The summed E-state index contributed by atoms with van der Waals surface area (Å²) in [5.74, 6) is -1.02. The maximum absolute atomic E-state index is 12.7. The van der Waals surface area contributed by atoms with E-state index in [2.05, 4.69) is 20.2 Å². The largest absolute Gasteiger partial charge is 0.481 e. The number of aliphatic carboxylic acids is 1. The van der Waals surface area contributed by atoms with Gasteiger partial charge >= 0.3 is 5.97 Å². The normalized spacial score (nSPS) is 22.8. The maximum atomic E-state index is 12.7. The summed E-state index contributed by atoms with van der Waals surface area (Å²) in [5, 5.41) is 24.4. The number of rotatable bonds is 7. The topological polar surface area (TPSA) is 116 Å². The highest BCUT2D eigenvalue weighted by Gasteiger charge is 2.39. The van der Waals surface area contributed by atoms with Crippen molar-refractivity contribution in [2.45, 2.75) is 63.9 Å². The molecule has 8 nitrogen and oxygen atoms in total. The molecule has 2 aromatic rings.